The molecule has 18 heavy (non-hydrogen) atoms. The van der Waals surface area contributed by atoms with Gasteiger partial charge in [-0.15, -0.1) is 11.3 Å². The van der Waals surface area contributed by atoms with Gasteiger partial charge in [0, 0.05) is 16.8 Å². The monoisotopic (exact) mass is 269 g/mol. The first kappa shape index (κ1) is 15.0. The summed E-state index contributed by atoms with van der Waals surface area (Å²) in [5, 5.41) is 13.9. The fourth-order valence-corrected chi connectivity index (χ4v) is 2.59. The largest absolute Gasteiger partial charge is 0.409 e. The second-order valence-electron chi connectivity index (χ2n) is 5.29. The van der Waals surface area contributed by atoms with E-state index in [2.05, 4.69) is 34.6 Å². The van der Waals surface area contributed by atoms with Crippen molar-refractivity contribution >= 4 is 17.2 Å². The van der Waals surface area contributed by atoms with Crippen molar-refractivity contribution in [3.63, 3.8) is 0 Å². The lowest BCUT2D eigenvalue weighted by Gasteiger charge is -2.24. The van der Waals surface area contributed by atoms with E-state index < -0.39 is 0 Å². The third kappa shape index (κ3) is 4.66. The molecule has 102 valence electrons. The van der Waals surface area contributed by atoms with Crippen LogP contribution in [0.3, 0.4) is 0 Å². The molecule has 1 heterocycles. The van der Waals surface area contributed by atoms with E-state index in [0.29, 0.717) is 5.84 Å². The highest BCUT2D eigenvalue weighted by Crippen LogP contribution is 2.22. The van der Waals surface area contributed by atoms with Crippen molar-refractivity contribution in [1.82, 2.24) is 4.90 Å². The number of nitrogens with zero attached hydrogens (tertiary/aromatic N) is 2. The number of oxime groups is 1. The standard InChI is InChI=1S/C13H23N3OS/c1-13(2,12(14)15-17)7-5-8-16(3)10-11-6-4-9-18-11/h4,6,9,17H,5,7-8,10H2,1-3H3,(H2,14,15). The molecule has 0 saturated heterocycles. The number of thiophene rings is 1. The van der Waals surface area contributed by atoms with Crippen LogP contribution in [0.25, 0.3) is 0 Å². The molecule has 0 aliphatic heterocycles. The predicted octanol–water partition coefficient (Wildman–Crippen LogP) is 2.73. The van der Waals surface area contributed by atoms with E-state index in [1.165, 1.54) is 4.88 Å². The SMILES string of the molecule is CN(CCCC(C)(C)C(N)=NO)Cc1cccs1. The van der Waals surface area contributed by atoms with Gasteiger partial charge in [-0.1, -0.05) is 25.1 Å². The average molecular weight is 269 g/mol. The van der Waals surface area contributed by atoms with Crippen LogP contribution in [0.1, 0.15) is 31.6 Å². The fraction of sp³-hybridized carbons (Fsp3) is 0.615. The summed E-state index contributed by atoms with van der Waals surface area (Å²) in [6.07, 6.45) is 1.95. The molecular weight excluding hydrogens is 246 g/mol. The van der Waals surface area contributed by atoms with Gasteiger partial charge in [0.2, 0.25) is 0 Å². The van der Waals surface area contributed by atoms with E-state index in [0.717, 1.165) is 25.9 Å². The summed E-state index contributed by atoms with van der Waals surface area (Å²) in [5.74, 6) is 0.309. The van der Waals surface area contributed by atoms with Crippen molar-refractivity contribution in [3.8, 4) is 0 Å². The van der Waals surface area contributed by atoms with Crippen molar-refractivity contribution in [2.45, 2.75) is 33.2 Å². The molecule has 0 bridgehead atoms. The van der Waals surface area contributed by atoms with E-state index >= 15 is 0 Å². The normalized spacial score (nSPS) is 13.2. The van der Waals surface area contributed by atoms with Gasteiger partial charge in [0.25, 0.3) is 0 Å². The third-order valence-corrected chi connectivity index (χ3v) is 4.01. The van der Waals surface area contributed by atoms with Gasteiger partial charge in [0.15, 0.2) is 0 Å². The Morgan fingerprint density at radius 1 is 1.56 bits per heavy atom. The topological polar surface area (TPSA) is 61.8 Å². The molecule has 1 aromatic rings. The van der Waals surface area contributed by atoms with Gasteiger partial charge in [-0.2, -0.15) is 0 Å². The minimum Gasteiger partial charge on any atom is -0.409 e. The van der Waals surface area contributed by atoms with E-state index in [1.807, 2.05) is 13.8 Å². The molecule has 5 heteroatoms. The molecule has 3 N–H and O–H groups in total. The Bertz CT molecular complexity index is 374. The summed E-state index contributed by atoms with van der Waals surface area (Å²) in [5.41, 5.74) is 5.43. The minimum absolute atomic E-state index is 0.238. The fourth-order valence-electron chi connectivity index (χ4n) is 1.80. The first-order chi connectivity index (χ1) is 8.45. The van der Waals surface area contributed by atoms with Crippen LogP contribution >= 0.6 is 11.3 Å². The highest BCUT2D eigenvalue weighted by Gasteiger charge is 2.23. The zero-order valence-corrected chi connectivity index (χ0v) is 12.2. The Balaban J connectivity index is 2.29. The summed E-state index contributed by atoms with van der Waals surface area (Å²) >= 11 is 1.78. The van der Waals surface area contributed by atoms with Crippen molar-refractivity contribution in [3.05, 3.63) is 22.4 Å². The van der Waals surface area contributed by atoms with Gasteiger partial charge in [0.1, 0.15) is 5.84 Å². The van der Waals surface area contributed by atoms with Crippen molar-refractivity contribution in [1.29, 1.82) is 0 Å². The maximum Gasteiger partial charge on any atom is 0.144 e. The summed E-state index contributed by atoms with van der Waals surface area (Å²) in [4.78, 5) is 3.68. The molecule has 4 nitrogen and oxygen atoms in total. The van der Waals surface area contributed by atoms with Gasteiger partial charge >= 0.3 is 0 Å². The molecule has 0 spiro atoms. The van der Waals surface area contributed by atoms with E-state index in [1.54, 1.807) is 11.3 Å². The quantitative estimate of drug-likeness (QED) is 0.346. The molecule has 0 unspecified atom stereocenters. The molecule has 0 aliphatic rings. The van der Waals surface area contributed by atoms with Crippen molar-refractivity contribution in [2.24, 2.45) is 16.3 Å². The molecule has 0 aromatic carbocycles. The summed E-state index contributed by atoms with van der Waals surface area (Å²) in [7, 11) is 2.12. The maximum absolute atomic E-state index is 8.70. The predicted molar refractivity (Wildman–Crippen MR) is 77.1 cm³/mol. The van der Waals surface area contributed by atoms with E-state index in [4.69, 9.17) is 10.9 Å². The lowest BCUT2D eigenvalue weighted by molar-refractivity contribution is 0.288. The van der Waals surface area contributed by atoms with Gasteiger partial charge in [-0.25, -0.2) is 0 Å². The Labute approximate surface area is 113 Å². The second kappa shape index (κ2) is 6.75. The molecule has 0 fully saturated rings. The molecule has 0 saturated carbocycles. The van der Waals surface area contributed by atoms with E-state index in [9.17, 15) is 0 Å². The molecule has 0 amide bonds. The highest BCUT2D eigenvalue weighted by molar-refractivity contribution is 7.09. The Morgan fingerprint density at radius 2 is 2.28 bits per heavy atom. The van der Waals surface area contributed by atoms with Gasteiger partial charge < -0.3 is 15.8 Å². The molecular formula is C13H23N3OS. The first-order valence-corrected chi connectivity index (χ1v) is 7.02. The van der Waals surface area contributed by atoms with Crippen molar-refractivity contribution < 1.29 is 5.21 Å². The maximum atomic E-state index is 8.70. The molecule has 0 atom stereocenters. The average Bonchev–Trinajstić information content (AvgIpc) is 2.80. The molecule has 0 radical (unpaired) electrons. The van der Waals surface area contributed by atoms with Crippen LogP contribution in [0.4, 0.5) is 0 Å². The van der Waals surface area contributed by atoms with Crippen LogP contribution in [0.15, 0.2) is 22.7 Å². The zero-order chi connectivity index (χ0) is 13.6. The lowest BCUT2D eigenvalue weighted by Crippen LogP contribution is -2.32. The Kier molecular flexibility index (Phi) is 5.62. The van der Waals surface area contributed by atoms with Crippen molar-refractivity contribution in [2.75, 3.05) is 13.6 Å². The molecule has 1 rings (SSSR count). The number of amidine groups is 1. The van der Waals surface area contributed by atoms with Gasteiger partial charge in [0.05, 0.1) is 0 Å². The molecule has 0 aliphatic carbocycles. The summed E-state index contributed by atoms with van der Waals surface area (Å²) in [6.45, 7) is 6.00. The van der Waals surface area contributed by atoms with Crippen LogP contribution in [-0.4, -0.2) is 29.5 Å². The number of nitrogens with two attached hydrogens (primary N) is 1. The summed E-state index contributed by atoms with van der Waals surface area (Å²) in [6, 6.07) is 4.23. The lowest BCUT2D eigenvalue weighted by atomic mass is 9.86. The minimum atomic E-state index is -0.238. The third-order valence-electron chi connectivity index (χ3n) is 3.15. The van der Waals surface area contributed by atoms with Crippen LogP contribution in [0, 0.1) is 5.41 Å². The number of hydrogen-bond donors (Lipinski definition) is 2. The highest BCUT2D eigenvalue weighted by atomic mass is 32.1. The Morgan fingerprint density at radius 3 is 2.83 bits per heavy atom. The van der Waals surface area contributed by atoms with Gasteiger partial charge in [-0.3, -0.25) is 0 Å². The Hall–Kier alpha value is -1.07. The van der Waals surface area contributed by atoms with Crippen LogP contribution in [0.5, 0.6) is 0 Å². The second-order valence-corrected chi connectivity index (χ2v) is 6.32. The van der Waals surface area contributed by atoms with Crippen LogP contribution in [0.2, 0.25) is 0 Å². The van der Waals surface area contributed by atoms with Gasteiger partial charge in [-0.05, 0) is 37.9 Å². The summed E-state index contributed by atoms with van der Waals surface area (Å²) < 4.78 is 0. The smallest absolute Gasteiger partial charge is 0.144 e. The first-order valence-electron chi connectivity index (χ1n) is 6.14. The number of rotatable bonds is 7. The van der Waals surface area contributed by atoms with Crippen LogP contribution in [-0.2, 0) is 6.54 Å². The van der Waals surface area contributed by atoms with Crippen LogP contribution < -0.4 is 5.73 Å². The molecule has 1 aromatic heterocycles. The van der Waals surface area contributed by atoms with E-state index in [-0.39, 0.29) is 5.41 Å². The number of hydrogen-bond acceptors (Lipinski definition) is 4. The zero-order valence-electron chi connectivity index (χ0n) is 11.4.